The lowest BCUT2D eigenvalue weighted by molar-refractivity contribution is 0.0832. The van der Waals surface area contributed by atoms with Gasteiger partial charge in [-0.05, 0) is 68.7 Å². The number of rotatable bonds is 2. The molecule has 1 fully saturated rings. The molecule has 1 aliphatic carbocycles. The Bertz CT molecular complexity index is 470. The summed E-state index contributed by atoms with van der Waals surface area (Å²) in [6.07, 6.45) is 5.46. The Labute approximate surface area is 102 Å². The lowest BCUT2D eigenvalue weighted by atomic mass is 9.90. The molecule has 0 N–H and O–H groups in total. The summed E-state index contributed by atoms with van der Waals surface area (Å²) in [5.74, 6) is 1.69. The minimum absolute atomic E-state index is 0.0701. The van der Waals surface area contributed by atoms with Crippen LogP contribution >= 0.6 is 0 Å². The molecule has 0 aromatic heterocycles. The van der Waals surface area contributed by atoms with Crippen molar-refractivity contribution in [3.63, 3.8) is 0 Å². The molecule has 2 aliphatic rings. The van der Waals surface area contributed by atoms with Gasteiger partial charge in [0.05, 0.1) is 0 Å². The summed E-state index contributed by atoms with van der Waals surface area (Å²) < 4.78 is 6.14. The molecule has 1 saturated carbocycles. The Hall–Kier alpha value is -1.31. The van der Waals surface area contributed by atoms with Crippen LogP contribution in [0, 0.1) is 0 Å². The van der Waals surface area contributed by atoms with Gasteiger partial charge in [0.2, 0.25) is 0 Å². The standard InChI is InChI=1S/C15H18O2/c1-15(2)6-5-12-7-10(9-16)8-13(11-3-4-11)14(12)17-15/h7-9,11H,3-6H2,1-2H3. The van der Waals surface area contributed by atoms with Gasteiger partial charge in [0.25, 0.3) is 0 Å². The molecule has 3 rings (SSSR count). The van der Waals surface area contributed by atoms with Crippen LogP contribution in [0.15, 0.2) is 12.1 Å². The molecule has 0 saturated heterocycles. The van der Waals surface area contributed by atoms with Crippen molar-refractivity contribution in [2.45, 2.75) is 51.0 Å². The van der Waals surface area contributed by atoms with Crippen molar-refractivity contribution in [2.75, 3.05) is 0 Å². The molecule has 1 heterocycles. The number of aldehydes is 1. The highest BCUT2D eigenvalue weighted by Crippen LogP contribution is 2.48. The molecule has 1 aromatic rings. The number of carbonyl (C=O) groups is 1. The molecule has 0 radical (unpaired) electrons. The van der Waals surface area contributed by atoms with Gasteiger partial charge >= 0.3 is 0 Å². The van der Waals surface area contributed by atoms with E-state index in [0.717, 1.165) is 30.4 Å². The lowest BCUT2D eigenvalue weighted by Gasteiger charge is -2.34. The highest BCUT2D eigenvalue weighted by atomic mass is 16.5. The van der Waals surface area contributed by atoms with Gasteiger partial charge in [-0.1, -0.05) is 0 Å². The summed E-state index contributed by atoms with van der Waals surface area (Å²) in [6.45, 7) is 4.28. The molecule has 2 heteroatoms. The van der Waals surface area contributed by atoms with Crippen LogP contribution in [0.2, 0.25) is 0 Å². The maximum Gasteiger partial charge on any atom is 0.150 e. The first-order chi connectivity index (χ1) is 8.09. The minimum Gasteiger partial charge on any atom is -0.487 e. The zero-order valence-electron chi connectivity index (χ0n) is 10.5. The molecule has 17 heavy (non-hydrogen) atoms. The average Bonchev–Trinajstić information content (AvgIpc) is 3.10. The first-order valence-electron chi connectivity index (χ1n) is 6.40. The summed E-state index contributed by atoms with van der Waals surface area (Å²) in [5.41, 5.74) is 3.21. The van der Waals surface area contributed by atoms with Crippen molar-refractivity contribution in [3.05, 3.63) is 28.8 Å². The molecule has 0 atom stereocenters. The predicted molar refractivity (Wildman–Crippen MR) is 66.8 cm³/mol. The molecule has 0 amide bonds. The second-order valence-electron chi connectivity index (χ2n) is 5.85. The molecule has 1 aliphatic heterocycles. The normalized spacial score (nSPS) is 21.5. The van der Waals surface area contributed by atoms with Crippen LogP contribution < -0.4 is 4.74 Å². The van der Waals surface area contributed by atoms with Crippen molar-refractivity contribution in [3.8, 4) is 5.75 Å². The van der Waals surface area contributed by atoms with Crippen molar-refractivity contribution >= 4 is 6.29 Å². The number of benzene rings is 1. The van der Waals surface area contributed by atoms with Crippen LogP contribution in [-0.4, -0.2) is 11.9 Å². The quantitative estimate of drug-likeness (QED) is 0.727. The van der Waals surface area contributed by atoms with E-state index in [1.165, 1.54) is 24.0 Å². The summed E-state index contributed by atoms with van der Waals surface area (Å²) >= 11 is 0. The summed E-state index contributed by atoms with van der Waals surface area (Å²) in [4.78, 5) is 11.0. The van der Waals surface area contributed by atoms with Crippen LogP contribution in [0.1, 0.15) is 60.5 Å². The molecule has 0 spiro atoms. The van der Waals surface area contributed by atoms with Crippen LogP contribution in [0.25, 0.3) is 0 Å². The highest BCUT2D eigenvalue weighted by Gasteiger charge is 2.34. The summed E-state index contributed by atoms with van der Waals surface area (Å²) in [7, 11) is 0. The number of hydrogen-bond acceptors (Lipinski definition) is 2. The van der Waals surface area contributed by atoms with Gasteiger partial charge in [-0.25, -0.2) is 0 Å². The lowest BCUT2D eigenvalue weighted by Crippen LogP contribution is -2.33. The van der Waals surface area contributed by atoms with E-state index in [1.54, 1.807) is 0 Å². The second kappa shape index (κ2) is 3.59. The molecular weight excluding hydrogens is 212 g/mol. The SMILES string of the molecule is CC1(C)CCc2cc(C=O)cc(C3CC3)c2O1. The smallest absolute Gasteiger partial charge is 0.150 e. The maximum absolute atomic E-state index is 11.0. The van der Waals surface area contributed by atoms with E-state index in [4.69, 9.17) is 4.74 Å². The van der Waals surface area contributed by atoms with E-state index in [1.807, 2.05) is 12.1 Å². The number of fused-ring (bicyclic) bond motifs is 1. The fourth-order valence-electron chi connectivity index (χ4n) is 2.58. The summed E-state index contributed by atoms with van der Waals surface area (Å²) in [6, 6.07) is 4.01. The Kier molecular flexibility index (Phi) is 2.29. The van der Waals surface area contributed by atoms with Crippen molar-refractivity contribution in [1.29, 1.82) is 0 Å². The van der Waals surface area contributed by atoms with Crippen LogP contribution in [0.5, 0.6) is 5.75 Å². The molecular formula is C15H18O2. The van der Waals surface area contributed by atoms with E-state index in [0.29, 0.717) is 5.92 Å². The first-order valence-corrected chi connectivity index (χ1v) is 6.40. The number of carbonyl (C=O) groups excluding carboxylic acids is 1. The molecule has 0 bridgehead atoms. The Balaban J connectivity index is 2.10. The fourth-order valence-corrected chi connectivity index (χ4v) is 2.58. The minimum atomic E-state index is -0.0701. The molecule has 0 unspecified atom stereocenters. The van der Waals surface area contributed by atoms with Gasteiger partial charge in [-0.3, -0.25) is 4.79 Å². The Morgan fingerprint density at radius 1 is 1.35 bits per heavy atom. The van der Waals surface area contributed by atoms with Gasteiger partial charge in [0.1, 0.15) is 17.6 Å². The third-order valence-electron chi connectivity index (χ3n) is 3.74. The highest BCUT2D eigenvalue weighted by molar-refractivity contribution is 5.77. The van der Waals surface area contributed by atoms with Crippen molar-refractivity contribution < 1.29 is 9.53 Å². The van der Waals surface area contributed by atoms with Crippen LogP contribution in [-0.2, 0) is 6.42 Å². The van der Waals surface area contributed by atoms with Gasteiger partial charge in [0.15, 0.2) is 0 Å². The van der Waals surface area contributed by atoms with E-state index >= 15 is 0 Å². The van der Waals surface area contributed by atoms with Gasteiger partial charge < -0.3 is 4.74 Å². The maximum atomic E-state index is 11.0. The second-order valence-corrected chi connectivity index (χ2v) is 5.85. The number of aryl methyl sites for hydroxylation is 1. The number of hydrogen-bond donors (Lipinski definition) is 0. The third-order valence-corrected chi connectivity index (χ3v) is 3.74. The van der Waals surface area contributed by atoms with Gasteiger partial charge in [-0.2, -0.15) is 0 Å². The average molecular weight is 230 g/mol. The van der Waals surface area contributed by atoms with Gasteiger partial charge in [0, 0.05) is 5.56 Å². The van der Waals surface area contributed by atoms with E-state index in [-0.39, 0.29) is 5.60 Å². The Morgan fingerprint density at radius 2 is 2.12 bits per heavy atom. The molecule has 90 valence electrons. The van der Waals surface area contributed by atoms with Crippen molar-refractivity contribution in [2.24, 2.45) is 0 Å². The van der Waals surface area contributed by atoms with Crippen LogP contribution in [0.4, 0.5) is 0 Å². The monoisotopic (exact) mass is 230 g/mol. The zero-order valence-corrected chi connectivity index (χ0v) is 10.5. The van der Waals surface area contributed by atoms with E-state index in [2.05, 4.69) is 13.8 Å². The summed E-state index contributed by atoms with van der Waals surface area (Å²) in [5, 5.41) is 0. The number of ether oxygens (including phenoxy) is 1. The molecule has 2 nitrogen and oxygen atoms in total. The van der Waals surface area contributed by atoms with E-state index in [9.17, 15) is 4.79 Å². The third kappa shape index (κ3) is 1.97. The largest absolute Gasteiger partial charge is 0.487 e. The zero-order chi connectivity index (χ0) is 12.0. The van der Waals surface area contributed by atoms with Crippen molar-refractivity contribution in [1.82, 2.24) is 0 Å². The van der Waals surface area contributed by atoms with Crippen LogP contribution in [0.3, 0.4) is 0 Å². The first kappa shape index (κ1) is 10.8. The Morgan fingerprint density at radius 3 is 2.76 bits per heavy atom. The molecule has 1 aromatic carbocycles. The topological polar surface area (TPSA) is 26.3 Å². The predicted octanol–water partition coefficient (Wildman–Crippen LogP) is 3.48. The fraction of sp³-hybridized carbons (Fsp3) is 0.533. The van der Waals surface area contributed by atoms with E-state index < -0.39 is 0 Å². The van der Waals surface area contributed by atoms with Gasteiger partial charge in [-0.15, -0.1) is 0 Å².